The van der Waals surface area contributed by atoms with Gasteiger partial charge < -0.3 is 0 Å². The van der Waals surface area contributed by atoms with Crippen LogP contribution in [0.3, 0.4) is 0 Å². The largest absolute Gasteiger partial charge is 0.273 e. The van der Waals surface area contributed by atoms with Crippen molar-refractivity contribution in [2.45, 2.75) is 12.8 Å². The van der Waals surface area contributed by atoms with E-state index in [1.807, 2.05) is 0 Å². The average molecular weight is 572 g/mol. The first-order valence-corrected chi connectivity index (χ1v) is 12.6. The monoisotopic (exact) mass is 571 g/mol. The second-order valence-corrected chi connectivity index (χ2v) is 9.26. The second kappa shape index (κ2) is 10.6. The summed E-state index contributed by atoms with van der Waals surface area (Å²) in [4.78, 5) is 84.9. The molecule has 40 heavy (non-hydrogen) atoms. The Morgan fingerprint density at radius 2 is 0.925 bits per heavy atom. The normalized spacial score (nSPS) is 16.1. The van der Waals surface area contributed by atoms with Crippen molar-refractivity contribution in [3.05, 3.63) is 90.0 Å². The van der Waals surface area contributed by atoms with Crippen molar-refractivity contribution < 1.29 is 28.8 Å². The minimum absolute atomic E-state index is 0.0979. The Morgan fingerprint density at radius 1 is 0.550 bits per heavy atom. The molecule has 0 spiro atoms. The van der Waals surface area contributed by atoms with E-state index in [-0.39, 0.29) is 22.8 Å². The SMILES string of the molecule is O=C1CC(=O)N(c2cccc(N3C(=O)CC(=O)N(C(=O)c4ccccc4)C3=S)n2)C(=S)N1C(=O)c1ccccc1. The first-order valence-electron chi connectivity index (χ1n) is 11.7. The molecule has 3 aromatic rings. The van der Waals surface area contributed by atoms with E-state index in [0.29, 0.717) is 0 Å². The molecule has 2 aromatic carbocycles. The van der Waals surface area contributed by atoms with Crippen LogP contribution in [-0.2, 0) is 19.2 Å². The van der Waals surface area contributed by atoms with Crippen molar-refractivity contribution >= 4 is 81.7 Å². The molecule has 0 saturated carbocycles. The quantitative estimate of drug-likeness (QED) is 0.264. The number of thiocarbonyl (C=S) groups is 2. The Bertz CT molecular complexity index is 1510. The highest BCUT2D eigenvalue weighted by Gasteiger charge is 2.43. The van der Waals surface area contributed by atoms with Crippen LogP contribution in [-0.4, -0.2) is 60.5 Å². The maximum Gasteiger partial charge on any atom is 0.266 e. The Kier molecular flexibility index (Phi) is 7.07. The van der Waals surface area contributed by atoms with Crippen LogP contribution in [0.15, 0.2) is 78.9 Å². The van der Waals surface area contributed by atoms with Gasteiger partial charge in [0.15, 0.2) is 10.2 Å². The first kappa shape index (κ1) is 26.6. The summed E-state index contributed by atoms with van der Waals surface area (Å²) in [7, 11) is 0. The highest BCUT2D eigenvalue weighted by atomic mass is 32.1. The first-order chi connectivity index (χ1) is 19.2. The van der Waals surface area contributed by atoms with E-state index in [0.717, 1.165) is 19.6 Å². The summed E-state index contributed by atoms with van der Waals surface area (Å²) in [6.07, 6.45) is -1.31. The number of rotatable bonds is 4. The van der Waals surface area contributed by atoms with Gasteiger partial charge in [-0.05, 0) is 60.8 Å². The number of aromatic nitrogens is 1. The summed E-state index contributed by atoms with van der Waals surface area (Å²) >= 11 is 10.8. The maximum absolute atomic E-state index is 13.1. The third-order valence-corrected chi connectivity index (χ3v) is 6.72. The molecule has 3 heterocycles. The molecule has 0 unspecified atom stereocenters. The average Bonchev–Trinajstić information content (AvgIpc) is 2.93. The topological polar surface area (TPSA) is 128 Å². The van der Waals surface area contributed by atoms with Gasteiger partial charge in [0.1, 0.15) is 24.5 Å². The number of benzene rings is 2. The van der Waals surface area contributed by atoms with Crippen LogP contribution < -0.4 is 9.80 Å². The highest BCUT2D eigenvalue weighted by Crippen LogP contribution is 2.27. The Labute approximate surface area is 237 Å². The van der Waals surface area contributed by atoms with Crippen LogP contribution in [0.25, 0.3) is 0 Å². The van der Waals surface area contributed by atoms with Crippen molar-refractivity contribution in [2.75, 3.05) is 9.80 Å². The molecule has 198 valence electrons. The number of nitrogens with zero attached hydrogens (tertiary/aromatic N) is 5. The van der Waals surface area contributed by atoms with Crippen molar-refractivity contribution in [1.29, 1.82) is 0 Å². The van der Waals surface area contributed by atoms with E-state index < -0.39 is 58.5 Å². The van der Waals surface area contributed by atoms with Crippen molar-refractivity contribution in [2.24, 2.45) is 0 Å². The number of pyridine rings is 1. The number of imide groups is 2. The number of carbonyl (C=O) groups is 6. The highest BCUT2D eigenvalue weighted by molar-refractivity contribution is 7.81. The van der Waals surface area contributed by atoms with E-state index in [1.54, 1.807) is 36.4 Å². The lowest BCUT2D eigenvalue weighted by Crippen LogP contribution is -2.58. The van der Waals surface area contributed by atoms with Gasteiger partial charge in [-0.15, -0.1) is 0 Å². The summed E-state index contributed by atoms with van der Waals surface area (Å²) in [5.41, 5.74) is 0.373. The van der Waals surface area contributed by atoms with Gasteiger partial charge in [-0.1, -0.05) is 42.5 Å². The lowest BCUT2D eigenvalue weighted by atomic mass is 10.1. The van der Waals surface area contributed by atoms with E-state index >= 15 is 0 Å². The van der Waals surface area contributed by atoms with Crippen LogP contribution >= 0.6 is 24.4 Å². The predicted molar refractivity (Wildman–Crippen MR) is 149 cm³/mol. The third-order valence-electron chi connectivity index (χ3n) is 5.99. The third kappa shape index (κ3) is 4.67. The summed E-state index contributed by atoms with van der Waals surface area (Å²) < 4.78 is 0. The van der Waals surface area contributed by atoms with Crippen molar-refractivity contribution in [3.63, 3.8) is 0 Å². The number of hydrogen-bond acceptors (Lipinski definition) is 9. The number of carbonyl (C=O) groups excluding carboxylic acids is 6. The van der Waals surface area contributed by atoms with Gasteiger partial charge >= 0.3 is 0 Å². The molecule has 2 aliphatic rings. The minimum Gasteiger partial charge on any atom is -0.273 e. The van der Waals surface area contributed by atoms with E-state index in [9.17, 15) is 28.8 Å². The molecule has 0 radical (unpaired) electrons. The fourth-order valence-corrected chi connectivity index (χ4v) is 4.89. The zero-order valence-corrected chi connectivity index (χ0v) is 22.1. The molecule has 11 nitrogen and oxygen atoms in total. The van der Waals surface area contributed by atoms with Gasteiger partial charge in [-0.2, -0.15) is 0 Å². The molecule has 0 N–H and O–H groups in total. The van der Waals surface area contributed by atoms with E-state index in [1.165, 1.54) is 42.5 Å². The minimum atomic E-state index is -0.794. The zero-order valence-electron chi connectivity index (χ0n) is 20.4. The van der Waals surface area contributed by atoms with Crippen molar-refractivity contribution in [1.82, 2.24) is 14.8 Å². The van der Waals surface area contributed by atoms with Crippen LogP contribution in [0.2, 0.25) is 0 Å². The molecule has 2 aliphatic heterocycles. The summed E-state index contributed by atoms with van der Waals surface area (Å²) in [5, 5.41) is -0.827. The molecule has 6 amide bonds. The smallest absolute Gasteiger partial charge is 0.266 e. The van der Waals surface area contributed by atoms with Gasteiger partial charge in [0.05, 0.1) is 0 Å². The molecule has 0 aliphatic carbocycles. The van der Waals surface area contributed by atoms with Crippen molar-refractivity contribution in [3.8, 4) is 0 Å². The Morgan fingerprint density at radius 3 is 1.30 bits per heavy atom. The van der Waals surface area contributed by atoms with Crippen LogP contribution in [0.5, 0.6) is 0 Å². The van der Waals surface area contributed by atoms with Crippen LogP contribution in [0.4, 0.5) is 11.6 Å². The van der Waals surface area contributed by atoms with Crippen LogP contribution in [0, 0.1) is 0 Å². The molecule has 2 fully saturated rings. The number of anilines is 2. The fourth-order valence-electron chi connectivity index (χ4n) is 4.13. The molecular formula is C27H17N5O6S2. The molecule has 1 aromatic heterocycles. The second-order valence-electron chi connectivity index (χ2n) is 8.53. The van der Waals surface area contributed by atoms with Crippen LogP contribution in [0.1, 0.15) is 33.6 Å². The maximum atomic E-state index is 13.1. The summed E-state index contributed by atoms with van der Waals surface area (Å²) in [6, 6.07) is 20.1. The summed E-state index contributed by atoms with van der Waals surface area (Å²) in [6.45, 7) is 0. The van der Waals surface area contributed by atoms with Gasteiger partial charge in [0, 0.05) is 11.1 Å². The molecule has 0 bridgehead atoms. The van der Waals surface area contributed by atoms with E-state index in [2.05, 4.69) is 4.98 Å². The Hall–Kier alpha value is -5.01. The lowest BCUT2D eigenvalue weighted by molar-refractivity contribution is -0.133. The molecule has 2 saturated heterocycles. The molecular weight excluding hydrogens is 554 g/mol. The lowest BCUT2D eigenvalue weighted by Gasteiger charge is -2.35. The molecule has 13 heteroatoms. The summed E-state index contributed by atoms with van der Waals surface area (Å²) in [5.74, 6) is -4.69. The van der Waals surface area contributed by atoms with Gasteiger partial charge in [0.25, 0.3) is 11.8 Å². The fraction of sp³-hybridized carbons (Fsp3) is 0.0741. The predicted octanol–water partition coefficient (Wildman–Crippen LogP) is 2.46. The standard InChI is InChI=1S/C27H17N5O6S2/c33-20-14-22(35)31(24(37)16-8-3-1-4-9-16)26(39)29(20)18-12-7-13-19(28-18)30-21(34)15-23(36)32(27(30)40)25(38)17-10-5-2-6-11-17/h1-13H,14-15H2. The molecule has 0 atom stereocenters. The van der Waals surface area contributed by atoms with Gasteiger partial charge in [-0.3, -0.25) is 28.8 Å². The van der Waals surface area contributed by atoms with E-state index in [4.69, 9.17) is 24.4 Å². The zero-order chi connectivity index (χ0) is 28.6. The molecule has 5 rings (SSSR count). The Balaban J connectivity index is 1.47. The van der Waals surface area contributed by atoms with Gasteiger partial charge in [-0.25, -0.2) is 24.6 Å². The number of amides is 6. The van der Waals surface area contributed by atoms with Gasteiger partial charge in [0.2, 0.25) is 23.6 Å². The number of hydrogen-bond donors (Lipinski definition) is 0.